The number of nitrogens with one attached hydrogen (secondary N) is 1. The third-order valence-corrected chi connectivity index (χ3v) is 6.32. The minimum atomic E-state index is -3.19. The molecule has 1 aliphatic heterocycles. The average molecular weight is 318 g/mol. The molecule has 0 amide bonds. The van der Waals surface area contributed by atoms with Gasteiger partial charge in [0, 0.05) is 31.6 Å². The number of benzene rings is 1. The molecule has 7 heteroatoms. The number of rotatable bonds is 5. The van der Waals surface area contributed by atoms with E-state index in [2.05, 4.69) is 5.32 Å². The lowest BCUT2D eigenvalue weighted by Crippen LogP contribution is -2.33. The lowest BCUT2D eigenvalue weighted by atomic mass is 10.0. The van der Waals surface area contributed by atoms with Crippen LogP contribution < -0.4 is 5.32 Å². The molecule has 2 rings (SSSR count). The molecule has 0 aliphatic carbocycles. The van der Waals surface area contributed by atoms with E-state index in [1.54, 1.807) is 6.07 Å². The van der Waals surface area contributed by atoms with E-state index in [1.807, 2.05) is 6.07 Å². The van der Waals surface area contributed by atoms with Crippen molar-refractivity contribution in [3.63, 3.8) is 0 Å². The van der Waals surface area contributed by atoms with Gasteiger partial charge in [-0.3, -0.25) is 0 Å². The summed E-state index contributed by atoms with van der Waals surface area (Å²) in [5, 5.41) is 3.23. The molecule has 0 saturated heterocycles. The van der Waals surface area contributed by atoms with Crippen molar-refractivity contribution in [3.8, 4) is 0 Å². The summed E-state index contributed by atoms with van der Waals surface area (Å²) in [4.78, 5) is 0.687. The third kappa shape index (κ3) is 3.52. The van der Waals surface area contributed by atoms with E-state index in [9.17, 15) is 12.8 Å². The van der Waals surface area contributed by atoms with Crippen LogP contribution in [-0.4, -0.2) is 44.9 Å². The number of sulfonamides is 1. The van der Waals surface area contributed by atoms with Crippen LogP contribution in [0.2, 0.25) is 0 Å². The van der Waals surface area contributed by atoms with Gasteiger partial charge in [-0.15, -0.1) is 11.8 Å². The maximum atomic E-state index is 13.7. The maximum absolute atomic E-state index is 13.7. The molecule has 1 aliphatic rings. The highest BCUT2D eigenvalue weighted by molar-refractivity contribution is 7.99. The van der Waals surface area contributed by atoms with Crippen molar-refractivity contribution in [3.05, 3.63) is 29.6 Å². The normalized spacial score (nSPS) is 19.1. The van der Waals surface area contributed by atoms with Crippen molar-refractivity contribution in [2.75, 3.05) is 32.1 Å². The number of thioether (sulfide) groups is 1. The summed E-state index contributed by atoms with van der Waals surface area (Å²) in [5.41, 5.74) is 0.934. The van der Waals surface area contributed by atoms with E-state index in [0.717, 1.165) is 17.7 Å². The van der Waals surface area contributed by atoms with Crippen LogP contribution in [0.3, 0.4) is 0 Å². The van der Waals surface area contributed by atoms with E-state index in [4.69, 9.17) is 0 Å². The predicted molar refractivity (Wildman–Crippen MR) is 80.0 cm³/mol. The number of halogens is 1. The van der Waals surface area contributed by atoms with Gasteiger partial charge >= 0.3 is 0 Å². The Balaban J connectivity index is 2.01. The van der Waals surface area contributed by atoms with Crippen LogP contribution in [0, 0.1) is 5.82 Å². The van der Waals surface area contributed by atoms with E-state index in [0.29, 0.717) is 11.4 Å². The molecule has 1 aromatic rings. The molecule has 1 aromatic carbocycles. The molecule has 0 aromatic heterocycles. The molecule has 0 bridgehead atoms. The third-order valence-electron chi connectivity index (χ3n) is 3.33. The van der Waals surface area contributed by atoms with Crippen molar-refractivity contribution < 1.29 is 12.8 Å². The Hall–Kier alpha value is -0.630. The van der Waals surface area contributed by atoms with Gasteiger partial charge in [-0.25, -0.2) is 17.1 Å². The Morgan fingerprint density at radius 1 is 1.45 bits per heavy atom. The Kier molecular flexibility index (Phi) is 5.06. The molecule has 20 heavy (non-hydrogen) atoms. The number of fused-ring (bicyclic) bond motifs is 1. The molecule has 1 atom stereocenters. The summed E-state index contributed by atoms with van der Waals surface area (Å²) >= 11 is 1.52. The first-order chi connectivity index (χ1) is 9.42. The average Bonchev–Trinajstić information content (AvgIpc) is 2.39. The zero-order valence-electron chi connectivity index (χ0n) is 11.6. The second kappa shape index (κ2) is 6.43. The zero-order valence-corrected chi connectivity index (χ0v) is 13.2. The summed E-state index contributed by atoms with van der Waals surface area (Å²) in [6.45, 7) is 0.367. The standard InChI is InChI=1S/C13H19FN2O2S2/c1-16(2)20(17,18)9-7-15-12-6-8-19-13-10(12)4-3-5-11(13)14/h3-5,12,15H,6-9H2,1-2H3. The second-order valence-electron chi connectivity index (χ2n) is 4.90. The topological polar surface area (TPSA) is 49.4 Å². The van der Waals surface area contributed by atoms with E-state index in [-0.39, 0.29) is 17.6 Å². The van der Waals surface area contributed by atoms with E-state index >= 15 is 0 Å². The molecule has 112 valence electrons. The molecular weight excluding hydrogens is 299 g/mol. The van der Waals surface area contributed by atoms with Gasteiger partial charge in [0.15, 0.2) is 0 Å². The fourth-order valence-corrected chi connectivity index (χ4v) is 4.02. The smallest absolute Gasteiger partial charge is 0.214 e. The highest BCUT2D eigenvalue weighted by atomic mass is 32.2. The lowest BCUT2D eigenvalue weighted by molar-refractivity contribution is 0.493. The van der Waals surface area contributed by atoms with Crippen molar-refractivity contribution in [2.24, 2.45) is 0 Å². The van der Waals surface area contributed by atoms with Gasteiger partial charge < -0.3 is 5.32 Å². The first-order valence-corrected chi connectivity index (χ1v) is 9.06. The second-order valence-corrected chi connectivity index (χ2v) is 8.31. The Labute approximate surface area is 123 Å². The van der Waals surface area contributed by atoms with Gasteiger partial charge in [0.25, 0.3) is 0 Å². The predicted octanol–water partition coefficient (Wildman–Crippen LogP) is 1.84. The highest BCUT2D eigenvalue weighted by Gasteiger charge is 2.23. The highest BCUT2D eigenvalue weighted by Crippen LogP contribution is 2.37. The van der Waals surface area contributed by atoms with Crippen LogP contribution in [-0.2, 0) is 10.0 Å². The largest absolute Gasteiger partial charge is 0.309 e. The molecule has 0 saturated carbocycles. The van der Waals surface area contributed by atoms with Crippen LogP contribution in [0.1, 0.15) is 18.0 Å². The van der Waals surface area contributed by atoms with Gasteiger partial charge in [0.05, 0.1) is 5.75 Å². The van der Waals surface area contributed by atoms with Crippen LogP contribution in [0.5, 0.6) is 0 Å². The molecular formula is C13H19FN2O2S2. The van der Waals surface area contributed by atoms with Crippen molar-refractivity contribution in [1.29, 1.82) is 0 Å². The summed E-state index contributed by atoms with van der Waals surface area (Å²) in [7, 11) is -0.143. The van der Waals surface area contributed by atoms with Crippen molar-refractivity contribution in [2.45, 2.75) is 17.4 Å². The van der Waals surface area contributed by atoms with Crippen molar-refractivity contribution >= 4 is 21.8 Å². The fraction of sp³-hybridized carbons (Fsp3) is 0.538. The monoisotopic (exact) mass is 318 g/mol. The first kappa shape index (κ1) is 15.8. The van der Waals surface area contributed by atoms with Gasteiger partial charge in [-0.1, -0.05) is 12.1 Å². The van der Waals surface area contributed by atoms with E-state index in [1.165, 1.54) is 36.2 Å². The Morgan fingerprint density at radius 3 is 2.90 bits per heavy atom. The molecule has 0 radical (unpaired) electrons. The minimum absolute atomic E-state index is 0.0271. The van der Waals surface area contributed by atoms with Gasteiger partial charge in [-0.05, 0) is 23.8 Å². The summed E-state index contributed by atoms with van der Waals surface area (Å²) < 4.78 is 38.3. The number of hydrogen-bond acceptors (Lipinski definition) is 4. The summed E-state index contributed by atoms with van der Waals surface area (Å²) in [5.74, 6) is 0.695. The molecule has 1 unspecified atom stereocenters. The lowest BCUT2D eigenvalue weighted by Gasteiger charge is -2.26. The molecule has 0 fully saturated rings. The molecule has 1 heterocycles. The zero-order chi connectivity index (χ0) is 14.8. The quantitative estimate of drug-likeness (QED) is 0.900. The van der Waals surface area contributed by atoms with Crippen LogP contribution >= 0.6 is 11.8 Å². The summed E-state index contributed by atoms with van der Waals surface area (Å²) in [6.07, 6.45) is 0.878. The number of nitrogens with zero attached hydrogens (tertiary/aromatic N) is 1. The molecule has 4 nitrogen and oxygen atoms in total. The molecule has 0 spiro atoms. The minimum Gasteiger partial charge on any atom is -0.309 e. The van der Waals surface area contributed by atoms with Gasteiger partial charge in [0.2, 0.25) is 10.0 Å². The van der Waals surface area contributed by atoms with Crippen LogP contribution in [0.25, 0.3) is 0 Å². The van der Waals surface area contributed by atoms with Crippen LogP contribution in [0.4, 0.5) is 4.39 Å². The maximum Gasteiger partial charge on any atom is 0.214 e. The van der Waals surface area contributed by atoms with E-state index < -0.39 is 10.0 Å². The fourth-order valence-electron chi connectivity index (χ4n) is 2.14. The van der Waals surface area contributed by atoms with Gasteiger partial charge in [-0.2, -0.15) is 0 Å². The molecule has 1 N–H and O–H groups in total. The Morgan fingerprint density at radius 2 is 2.20 bits per heavy atom. The summed E-state index contributed by atoms with van der Waals surface area (Å²) in [6, 6.07) is 5.10. The first-order valence-electron chi connectivity index (χ1n) is 6.46. The number of hydrogen-bond donors (Lipinski definition) is 1. The van der Waals surface area contributed by atoms with Crippen LogP contribution in [0.15, 0.2) is 23.1 Å². The SMILES string of the molecule is CN(C)S(=O)(=O)CCNC1CCSc2c(F)cccc21. The van der Waals surface area contributed by atoms with Crippen molar-refractivity contribution in [1.82, 2.24) is 9.62 Å². The van der Waals surface area contributed by atoms with Gasteiger partial charge in [0.1, 0.15) is 5.82 Å². The Bertz CT molecular complexity index is 576.